The highest BCUT2D eigenvalue weighted by Gasteiger charge is 2.32. The first-order chi connectivity index (χ1) is 7.18. The van der Waals surface area contributed by atoms with E-state index in [0.717, 1.165) is 0 Å². The van der Waals surface area contributed by atoms with Crippen molar-refractivity contribution in [3.8, 4) is 5.88 Å². The van der Waals surface area contributed by atoms with Crippen molar-refractivity contribution in [1.82, 2.24) is 4.98 Å². The maximum Gasteiger partial charge on any atom is 0.422 e. The van der Waals surface area contributed by atoms with Crippen molar-refractivity contribution in [1.29, 1.82) is 0 Å². The van der Waals surface area contributed by atoms with Gasteiger partial charge in [0.1, 0.15) is 0 Å². The van der Waals surface area contributed by atoms with Gasteiger partial charge in [0.15, 0.2) is 6.61 Å². The molecule has 0 amide bonds. The second-order valence-electron chi connectivity index (χ2n) is 2.72. The summed E-state index contributed by atoms with van der Waals surface area (Å²) < 4.78 is 75.5. The van der Waals surface area contributed by atoms with E-state index >= 15 is 0 Å². The molecular formula is C8H4F6NO. The minimum atomic E-state index is -4.67. The van der Waals surface area contributed by atoms with Crippen LogP contribution < -0.4 is 4.74 Å². The van der Waals surface area contributed by atoms with Crippen LogP contribution in [0.1, 0.15) is 5.56 Å². The summed E-state index contributed by atoms with van der Waals surface area (Å²) >= 11 is 0. The summed E-state index contributed by atoms with van der Waals surface area (Å²) in [6.07, 6.45) is -7.49. The molecule has 1 rings (SSSR count). The average molecular weight is 244 g/mol. The fraction of sp³-hybridized carbons (Fsp3) is 0.375. The Morgan fingerprint density at radius 1 is 1.19 bits per heavy atom. The van der Waals surface area contributed by atoms with Crippen molar-refractivity contribution < 1.29 is 31.1 Å². The largest absolute Gasteiger partial charge is 0.468 e. The maximum atomic E-state index is 12.1. The van der Waals surface area contributed by atoms with Crippen LogP contribution in [0.5, 0.6) is 5.88 Å². The zero-order chi connectivity index (χ0) is 12.4. The number of hydrogen-bond acceptors (Lipinski definition) is 2. The normalized spacial score (nSPS) is 12.6. The quantitative estimate of drug-likeness (QED) is 0.746. The molecule has 0 N–H and O–H groups in total. The number of pyridine rings is 1. The van der Waals surface area contributed by atoms with Gasteiger partial charge < -0.3 is 4.74 Å². The van der Waals surface area contributed by atoms with E-state index in [1.807, 2.05) is 6.20 Å². The number of aromatic nitrogens is 1. The Morgan fingerprint density at radius 3 is 2.31 bits per heavy atom. The molecule has 0 atom stereocenters. The number of nitrogens with zero attached hydrogens (tertiary/aromatic N) is 1. The fourth-order valence-corrected chi connectivity index (χ4v) is 0.766. The van der Waals surface area contributed by atoms with Crippen molar-refractivity contribution in [3.63, 3.8) is 0 Å². The summed E-state index contributed by atoms with van der Waals surface area (Å²) in [6, 6.07) is 0.892. The van der Waals surface area contributed by atoms with E-state index < -0.39 is 30.4 Å². The summed E-state index contributed by atoms with van der Waals surface area (Å²) in [5.74, 6) is -0.771. The first kappa shape index (κ1) is 12.6. The lowest BCUT2D eigenvalue weighted by Gasteiger charge is -2.10. The van der Waals surface area contributed by atoms with Crippen LogP contribution in [0.2, 0.25) is 0 Å². The molecule has 0 aromatic carbocycles. The van der Waals surface area contributed by atoms with E-state index in [4.69, 9.17) is 0 Å². The van der Waals surface area contributed by atoms with Gasteiger partial charge in [-0.05, 0) is 6.07 Å². The molecule has 1 radical (unpaired) electrons. The monoisotopic (exact) mass is 244 g/mol. The molecule has 2 nitrogen and oxygen atoms in total. The Bertz CT molecular complexity index is 358. The van der Waals surface area contributed by atoms with Crippen LogP contribution in [0.4, 0.5) is 26.3 Å². The predicted molar refractivity (Wildman–Crippen MR) is 39.6 cm³/mol. The molecular weight excluding hydrogens is 240 g/mol. The highest BCUT2D eigenvalue weighted by molar-refractivity contribution is 5.22. The Morgan fingerprint density at radius 2 is 1.81 bits per heavy atom. The van der Waals surface area contributed by atoms with Crippen molar-refractivity contribution in [2.45, 2.75) is 12.4 Å². The van der Waals surface area contributed by atoms with Crippen molar-refractivity contribution in [2.75, 3.05) is 6.61 Å². The molecule has 89 valence electrons. The van der Waals surface area contributed by atoms with Gasteiger partial charge in [0.25, 0.3) is 0 Å². The van der Waals surface area contributed by atoms with Gasteiger partial charge in [0.05, 0.1) is 11.8 Å². The van der Waals surface area contributed by atoms with Crippen LogP contribution in [-0.2, 0) is 6.18 Å². The molecule has 1 aromatic rings. The third kappa shape index (κ3) is 3.95. The molecule has 0 aliphatic heterocycles. The zero-order valence-corrected chi connectivity index (χ0v) is 7.49. The lowest BCUT2D eigenvalue weighted by Crippen LogP contribution is -2.20. The van der Waals surface area contributed by atoms with Gasteiger partial charge in [-0.25, -0.2) is 4.98 Å². The van der Waals surface area contributed by atoms with E-state index in [2.05, 4.69) is 9.72 Å². The van der Waals surface area contributed by atoms with Crippen LogP contribution in [0, 0.1) is 6.20 Å². The molecule has 0 fully saturated rings. The van der Waals surface area contributed by atoms with Gasteiger partial charge in [-0.15, -0.1) is 0 Å². The zero-order valence-electron chi connectivity index (χ0n) is 7.49. The Hall–Kier alpha value is -1.47. The smallest absolute Gasteiger partial charge is 0.422 e. The van der Waals surface area contributed by atoms with Crippen molar-refractivity contribution in [2.24, 2.45) is 0 Å². The standard InChI is InChI=1S/C8H4F6NO/c9-7(10,11)4-16-6-3-5(1-2-15-6)8(12,13)14/h1,3H,4H2. The van der Waals surface area contributed by atoms with Gasteiger partial charge in [0, 0.05) is 6.07 Å². The summed E-state index contributed by atoms with van der Waals surface area (Å²) in [4.78, 5) is 3.11. The number of alkyl halides is 6. The van der Waals surface area contributed by atoms with Gasteiger partial charge in [0.2, 0.25) is 5.88 Å². The summed E-state index contributed by atoms with van der Waals surface area (Å²) in [5.41, 5.74) is -1.17. The molecule has 0 saturated heterocycles. The molecule has 1 aromatic heterocycles. The number of rotatable bonds is 2. The summed E-state index contributed by atoms with van der Waals surface area (Å²) in [5, 5.41) is 0. The van der Waals surface area contributed by atoms with Crippen LogP contribution >= 0.6 is 0 Å². The summed E-state index contributed by atoms with van der Waals surface area (Å²) in [6.45, 7) is -1.70. The molecule has 0 aliphatic carbocycles. The molecule has 0 spiro atoms. The van der Waals surface area contributed by atoms with Crippen LogP contribution in [-0.4, -0.2) is 17.8 Å². The van der Waals surface area contributed by atoms with E-state index in [-0.39, 0.29) is 0 Å². The predicted octanol–water partition coefficient (Wildman–Crippen LogP) is 2.84. The van der Waals surface area contributed by atoms with Gasteiger partial charge >= 0.3 is 12.4 Å². The fourth-order valence-electron chi connectivity index (χ4n) is 0.766. The molecule has 0 unspecified atom stereocenters. The molecule has 0 bridgehead atoms. The Balaban J connectivity index is 2.76. The molecule has 0 aliphatic rings. The molecule has 16 heavy (non-hydrogen) atoms. The third-order valence-electron chi connectivity index (χ3n) is 1.38. The van der Waals surface area contributed by atoms with Crippen molar-refractivity contribution >= 4 is 0 Å². The lowest BCUT2D eigenvalue weighted by molar-refractivity contribution is -0.154. The van der Waals surface area contributed by atoms with E-state index in [0.29, 0.717) is 12.1 Å². The molecule has 8 heteroatoms. The van der Waals surface area contributed by atoms with E-state index in [1.54, 1.807) is 0 Å². The SMILES string of the molecule is FC(F)(F)COc1cc(C(F)(F)F)c[c]n1. The minimum absolute atomic E-state index is 0.377. The summed E-state index contributed by atoms with van der Waals surface area (Å²) in [7, 11) is 0. The van der Waals surface area contributed by atoms with Crippen LogP contribution in [0.3, 0.4) is 0 Å². The molecule has 1 heterocycles. The lowest BCUT2D eigenvalue weighted by atomic mass is 10.2. The highest BCUT2D eigenvalue weighted by atomic mass is 19.4. The Kier molecular flexibility index (Phi) is 3.30. The van der Waals surface area contributed by atoms with Gasteiger partial charge in [-0.1, -0.05) is 0 Å². The first-order valence-electron chi connectivity index (χ1n) is 3.83. The number of halogens is 6. The number of ether oxygens (including phenoxy) is 1. The van der Waals surface area contributed by atoms with Gasteiger partial charge in [-0.3, -0.25) is 0 Å². The van der Waals surface area contributed by atoms with Crippen molar-refractivity contribution in [3.05, 3.63) is 23.9 Å². The highest BCUT2D eigenvalue weighted by Crippen LogP contribution is 2.30. The Labute approximate surface area is 85.9 Å². The van der Waals surface area contributed by atoms with Crippen LogP contribution in [0.25, 0.3) is 0 Å². The second-order valence-corrected chi connectivity index (χ2v) is 2.72. The van der Waals surface area contributed by atoms with Gasteiger partial charge in [-0.2, -0.15) is 26.3 Å². The maximum absolute atomic E-state index is 12.1. The average Bonchev–Trinajstić information content (AvgIpc) is 2.13. The second kappa shape index (κ2) is 4.18. The molecule has 0 saturated carbocycles. The minimum Gasteiger partial charge on any atom is -0.468 e. The first-order valence-corrected chi connectivity index (χ1v) is 3.83. The third-order valence-corrected chi connectivity index (χ3v) is 1.38. The van der Waals surface area contributed by atoms with E-state index in [9.17, 15) is 26.3 Å². The van der Waals surface area contributed by atoms with Crippen LogP contribution in [0.15, 0.2) is 12.1 Å². The number of hydrogen-bond donors (Lipinski definition) is 0. The topological polar surface area (TPSA) is 22.1 Å². The van der Waals surface area contributed by atoms with E-state index in [1.165, 1.54) is 0 Å².